The fourth-order valence-corrected chi connectivity index (χ4v) is 4.06. The highest BCUT2D eigenvalue weighted by molar-refractivity contribution is 5.71. The van der Waals surface area contributed by atoms with Crippen molar-refractivity contribution in [1.82, 2.24) is 15.3 Å². The highest BCUT2D eigenvalue weighted by Gasteiger charge is 2.62. The van der Waals surface area contributed by atoms with Gasteiger partial charge in [0.15, 0.2) is 0 Å². The van der Waals surface area contributed by atoms with Crippen LogP contribution in [0.4, 0.5) is 4.79 Å². The van der Waals surface area contributed by atoms with E-state index in [9.17, 15) is 4.79 Å². The van der Waals surface area contributed by atoms with Gasteiger partial charge in [-0.1, -0.05) is 48.5 Å². The van der Waals surface area contributed by atoms with Crippen LogP contribution in [0.1, 0.15) is 63.7 Å². The first-order valence-electron chi connectivity index (χ1n) is 9.08. The van der Waals surface area contributed by atoms with Crippen LogP contribution in [0.15, 0.2) is 0 Å². The molecule has 0 spiro atoms. The predicted molar refractivity (Wildman–Crippen MR) is 92.7 cm³/mol. The zero-order valence-electron chi connectivity index (χ0n) is 17.4. The van der Waals surface area contributed by atoms with Gasteiger partial charge in [0.25, 0.3) is 0 Å². The number of fused-ring (bicyclic) bond motifs is 1. The lowest BCUT2D eigenvalue weighted by atomic mass is 9.66. The molecule has 0 aromatic heterocycles. The molecular weight excluding hydrogens is 290 g/mol. The zero-order valence-corrected chi connectivity index (χ0v) is 16.4. The number of cyclic esters (lactones) is 1. The van der Waals surface area contributed by atoms with E-state index in [2.05, 4.69) is 53.8 Å². The topological polar surface area (TPSA) is 44.8 Å². The van der Waals surface area contributed by atoms with Gasteiger partial charge in [-0.3, -0.25) is 5.32 Å². The van der Waals surface area contributed by atoms with E-state index in [0.29, 0.717) is 0 Å². The molecule has 0 aromatic rings. The smallest absolute Gasteiger partial charge is 0.425 e. The van der Waals surface area contributed by atoms with E-state index >= 15 is 0 Å². The Morgan fingerprint density at radius 1 is 1.22 bits per heavy atom. The number of hydrogen-bond acceptors (Lipinski definition) is 4. The first kappa shape index (κ1) is 17.0. The Hall–Kier alpha value is -0.810. The summed E-state index contributed by atoms with van der Waals surface area (Å²) in [6, 6.07) is -0.0764. The third kappa shape index (κ3) is 2.76. The summed E-state index contributed by atoms with van der Waals surface area (Å²) in [7, 11) is 1.79. The number of nitrogens with one attached hydrogen (secondary N) is 1. The molecule has 0 radical (unpaired) electrons. The van der Waals surface area contributed by atoms with E-state index in [1.807, 2.05) is 6.92 Å². The molecule has 5 atom stereocenters. The van der Waals surface area contributed by atoms with Crippen LogP contribution in [-0.4, -0.2) is 47.0 Å². The first-order chi connectivity index (χ1) is 10.5. The van der Waals surface area contributed by atoms with Gasteiger partial charge in [-0.05, 0) is 25.2 Å². The van der Waals surface area contributed by atoms with Crippen molar-refractivity contribution < 1.29 is 10.9 Å². The molecule has 1 amide bonds. The van der Waals surface area contributed by atoms with Crippen molar-refractivity contribution in [2.45, 2.75) is 86.1 Å². The van der Waals surface area contributed by atoms with Crippen LogP contribution < -0.4 is 5.32 Å². The molecule has 0 bridgehead atoms. The van der Waals surface area contributed by atoms with E-state index in [4.69, 9.17) is 6.11 Å². The fraction of sp³-hybridized carbons (Fsp3) is 0.944. The molecule has 2 fully saturated rings. The van der Waals surface area contributed by atoms with Gasteiger partial charge in [0.1, 0.15) is 5.60 Å². The Bertz CT molecular complexity index is 523. The molecule has 23 heavy (non-hydrogen) atoms. The summed E-state index contributed by atoms with van der Waals surface area (Å²) in [6.07, 6.45) is -1.45. The van der Waals surface area contributed by atoms with Gasteiger partial charge in [-0.15, -0.1) is 0 Å². The van der Waals surface area contributed by atoms with Crippen LogP contribution in [0.25, 0.3) is 0 Å². The number of carbonyl (C=O) groups is 1. The minimum Gasteiger partial charge on any atom is -0.439 e. The van der Waals surface area contributed by atoms with Gasteiger partial charge in [0.05, 0.1) is 13.6 Å². The number of hydrogen-bond donors (Lipinski definition) is 1. The van der Waals surface area contributed by atoms with Crippen LogP contribution in [0, 0.1) is 16.7 Å². The predicted octanol–water partition coefficient (Wildman–Crippen LogP) is 3.46. The number of ether oxygens (including phenoxy) is 1. The van der Waals surface area contributed by atoms with Crippen molar-refractivity contribution >= 4 is 6.09 Å². The van der Waals surface area contributed by atoms with E-state index < -0.39 is 11.7 Å². The van der Waals surface area contributed by atoms with Crippen LogP contribution in [-0.2, 0) is 4.74 Å². The van der Waals surface area contributed by atoms with Crippen LogP contribution in [0.2, 0.25) is 0 Å². The molecule has 1 N–H and O–H groups in total. The SMILES string of the molecule is [2H]C1(C)NC(C(C)(C)C)C(C)C2N(C(=O)O[C@]2(C)C(C)(C)C)N1C. The number of carbonyl (C=O) groups excluding carboxylic acids is 1. The molecule has 4 unspecified atom stereocenters. The fourth-order valence-electron chi connectivity index (χ4n) is 4.06. The van der Waals surface area contributed by atoms with Gasteiger partial charge in [-0.25, -0.2) is 14.8 Å². The maximum absolute atomic E-state index is 12.8. The average Bonchev–Trinajstić information content (AvgIpc) is 2.60. The van der Waals surface area contributed by atoms with Crippen molar-refractivity contribution in [3.63, 3.8) is 0 Å². The van der Waals surface area contributed by atoms with Crippen LogP contribution in [0.3, 0.4) is 0 Å². The van der Waals surface area contributed by atoms with E-state index in [-0.39, 0.29) is 34.9 Å². The van der Waals surface area contributed by atoms with Crippen LogP contribution in [0.5, 0.6) is 0 Å². The standard InChI is InChI=1S/C18H35N3O2/c1-11-13(16(3,4)5)19-12(2)20(10)21-14(11)18(9,17(6,7)8)23-15(21)22/h11-14,19H,1-10H3/t11?,12?,13?,14?,18-/m0/s1/i12D. The summed E-state index contributed by atoms with van der Waals surface area (Å²) in [5.41, 5.74) is -0.908. The molecule has 2 aliphatic heterocycles. The average molecular weight is 327 g/mol. The summed E-state index contributed by atoms with van der Waals surface area (Å²) in [5, 5.41) is 6.84. The van der Waals surface area contributed by atoms with Gasteiger partial charge in [-0.2, -0.15) is 0 Å². The van der Waals surface area contributed by atoms with E-state index in [1.54, 1.807) is 24.0 Å². The third-order valence-corrected chi connectivity index (χ3v) is 5.93. The van der Waals surface area contributed by atoms with Crippen molar-refractivity contribution in [3.05, 3.63) is 0 Å². The molecule has 0 aliphatic carbocycles. The van der Waals surface area contributed by atoms with Crippen molar-refractivity contribution in [2.24, 2.45) is 16.7 Å². The summed E-state index contributed by atoms with van der Waals surface area (Å²) >= 11 is 0. The molecule has 2 aliphatic rings. The van der Waals surface area contributed by atoms with Crippen molar-refractivity contribution in [3.8, 4) is 0 Å². The molecule has 5 nitrogen and oxygen atoms in total. The minimum absolute atomic E-state index is 0.0526. The highest BCUT2D eigenvalue weighted by Crippen LogP contribution is 2.49. The molecular formula is C18H35N3O2. The lowest BCUT2D eigenvalue weighted by Crippen LogP contribution is -2.59. The van der Waals surface area contributed by atoms with Gasteiger partial charge in [0, 0.05) is 18.5 Å². The van der Waals surface area contributed by atoms with E-state index in [1.165, 1.54) is 0 Å². The zero-order chi connectivity index (χ0) is 18.9. The second kappa shape index (κ2) is 5.35. The third-order valence-electron chi connectivity index (χ3n) is 5.93. The normalized spacial score (nSPS) is 43.7. The lowest BCUT2D eigenvalue weighted by Gasteiger charge is -2.46. The molecule has 2 rings (SSSR count). The largest absolute Gasteiger partial charge is 0.439 e. The van der Waals surface area contributed by atoms with Crippen molar-refractivity contribution in [2.75, 3.05) is 7.05 Å². The quantitative estimate of drug-likeness (QED) is 0.740. The molecule has 134 valence electrons. The first-order valence-corrected chi connectivity index (χ1v) is 8.58. The number of amides is 1. The molecule has 5 heteroatoms. The molecule has 2 saturated heterocycles. The highest BCUT2D eigenvalue weighted by atomic mass is 16.6. The summed E-state index contributed by atoms with van der Waals surface area (Å²) in [6.45, 7) is 18.9. The van der Waals surface area contributed by atoms with Crippen LogP contribution >= 0.6 is 0 Å². The number of nitrogens with zero attached hydrogens (tertiary/aromatic N) is 2. The second-order valence-corrected chi connectivity index (χ2v) is 9.47. The number of hydrazine groups is 1. The summed E-state index contributed by atoms with van der Waals surface area (Å²) in [4.78, 5) is 12.8. The summed E-state index contributed by atoms with van der Waals surface area (Å²) < 4.78 is 14.7. The Morgan fingerprint density at radius 2 is 1.74 bits per heavy atom. The molecule has 0 aromatic carbocycles. The van der Waals surface area contributed by atoms with Gasteiger partial charge < -0.3 is 4.74 Å². The van der Waals surface area contributed by atoms with Crippen molar-refractivity contribution in [1.29, 1.82) is 0 Å². The molecule has 2 heterocycles. The maximum atomic E-state index is 12.8. The second-order valence-electron chi connectivity index (χ2n) is 9.47. The van der Waals surface area contributed by atoms with E-state index in [0.717, 1.165) is 0 Å². The maximum Gasteiger partial charge on any atom is 0.425 e. The molecule has 0 saturated carbocycles. The Balaban J connectivity index is 2.64. The Kier molecular flexibility index (Phi) is 3.96. The van der Waals surface area contributed by atoms with Gasteiger partial charge in [0.2, 0.25) is 0 Å². The Morgan fingerprint density at radius 3 is 2.17 bits per heavy atom. The minimum atomic E-state index is -1.09. The van der Waals surface area contributed by atoms with Gasteiger partial charge >= 0.3 is 6.09 Å². The monoisotopic (exact) mass is 326 g/mol. The number of rotatable bonds is 0. The summed E-state index contributed by atoms with van der Waals surface area (Å²) in [5.74, 6) is 0.121. The lowest BCUT2D eigenvalue weighted by molar-refractivity contribution is -0.0743. The Labute approximate surface area is 143 Å².